The maximum Gasteiger partial charge on any atom is 0.343 e. The van der Waals surface area contributed by atoms with Crippen LogP contribution in [0.15, 0.2) is 72.8 Å². The van der Waals surface area contributed by atoms with E-state index in [1.54, 1.807) is 24.3 Å². The first-order valence-corrected chi connectivity index (χ1v) is 12.0. The molecule has 0 aromatic heterocycles. The van der Waals surface area contributed by atoms with Crippen molar-refractivity contribution in [3.63, 3.8) is 0 Å². The van der Waals surface area contributed by atoms with E-state index in [0.717, 1.165) is 11.1 Å². The summed E-state index contributed by atoms with van der Waals surface area (Å²) in [6.07, 6.45) is -2.28. The molecule has 3 aromatic rings. The zero-order valence-electron chi connectivity index (χ0n) is 20.4. The van der Waals surface area contributed by atoms with Gasteiger partial charge in [-0.05, 0) is 62.4 Å². The van der Waals surface area contributed by atoms with Crippen molar-refractivity contribution in [1.29, 1.82) is 0 Å². The van der Waals surface area contributed by atoms with Gasteiger partial charge in [-0.2, -0.15) is 0 Å². The highest BCUT2D eigenvalue weighted by Crippen LogP contribution is 2.31. The van der Waals surface area contributed by atoms with Crippen LogP contribution in [0.2, 0.25) is 0 Å². The lowest BCUT2D eigenvalue weighted by atomic mass is 10.1. The lowest BCUT2D eigenvalue weighted by molar-refractivity contribution is -0.0287. The summed E-state index contributed by atoms with van der Waals surface area (Å²) in [5, 5.41) is 0. The Hall–Kier alpha value is -4.01. The summed E-state index contributed by atoms with van der Waals surface area (Å²) >= 11 is 0. The predicted octanol–water partition coefficient (Wildman–Crippen LogP) is 4.07. The number of fused-ring (bicyclic) bond motifs is 1. The summed E-state index contributed by atoms with van der Waals surface area (Å²) < 4.78 is 28.1. The number of carbonyl (C=O) groups excluding carboxylic acids is 3. The number of carbonyl (C=O) groups is 3. The molecule has 0 saturated carbocycles. The average molecular weight is 503 g/mol. The molecule has 2 aliphatic rings. The number of hydrogen-bond acceptors (Lipinski definition) is 8. The highest BCUT2D eigenvalue weighted by Gasteiger charge is 2.51. The Morgan fingerprint density at radius 1 is 0.595 bits per heavy atom. The molecule has 0 spiro atoms. The maximum absolute atomic E-state index is 12.7. The molecule has 2 saturated heterocycles. The monoisotopic (exact) mass is 502 g/mol. The third-order valence-corrected chi connectivity index (χ3v) is 6.35. The van der Waals surface area contributed by atoms with Crippen LogP contribution >= 0.6 is 0 Å². The summed E-state index contributed by atoms with van der Waals surface area (Å²) in [5.41, 5.74) is 3.26. The Labute approximate surface area is 214 Å². The van der Waals surface area contributed by atoms with Crippen molar-refractivity contribution in [2.24, 2.45) is 0 Å². The minimum absolute atomic E-state index is 0.131. The normalized spacial score (nSPS) is 22.2. The van der Waals surface area contributed by atoms with Crippen LogP contribution in [0.5, 0.6) is 5.75 Å². The van der Waals surface area contributed by atoms with Gasteiger partial charge in [0.05, 0.1) is 29.9 Å². The molecule has 37 heavy (non-hydrogen) atoms. The fourth-order valence-electron chi connectivity index (χ4n) is 4.25. The van der Waals surface area contributed by atoms with Crippen molar-refractivity contribution in [3.8, 4) is 5.75 Å². The smallest absolute Gasteiger partial charge is 0.343 e. The zero-order chi connectivity index (χ0) is 25.9. The average Bonchev–Trinajstić information content (AvgIpc) is 3.48. The molecule has 2 aliphatic heterocycles. The summed E-state index contributed by atoms with van der Waals surface area (Å²) in [7, 11) is 0. The Bertz CT molecular complexity index is 1280. The van der Waals surface area contributed by atoms with Crippen molar-refractivity contribution in [2.75, 3.05) is 13.2 Å². The highest BCUT2D eigenvalue weighted by molar-refractivity contribution is 5.92. The molecule has 0 N–H and O–H groups in total. The first-order chi connectivity index (χ1) is 17.9. The van der Waals surface area contributed by atoms with E-state index in [9.17, 15) is 14.4 Å². The standard InChI is InChI=1S/C29H26O8/c1-17-3-7-19(8-4-17)27(30)35-22-13-11-21(12-14-22)29(32)37-24-16-34-25-23(15-33-26(24)25)36-28(31)20-9-5-18(2)6-10-20/h3-14,23-26H,15-16H2,1-2H3/t23-,24?,25?,26?/m0/s1. The van der Waals surface area contributed by atoms with Crippen LogP contribution in [0.3, 0.4) is 0 Å². The number of aryl methyl sites for hydroxylation is 2. The van der Waals surface area contributed by atoms with Gasteiger partial charge in [-0.1, -0.05) is 35.4 Å². The third-order valence-electron chi connectivity index (χ3n) is 6.35. The second-order valence-electron chi connectivity index (χ2n) is 9.13. The summed E-state index contributed by atoms with van der Waals surface area (Å²) in [6.45, 7) is 4.16. The number of hydrogen-bond donors (Lipinski definition) is 0. The molecule has 8 heteroatoms. The molecular weight excluding hydrogens is 476 g/mol. The molecule has 3 aromatic carbocycles. The van der Waals surface area contributed by atoms with E-state index >= 15 is 0 Å². The van der Waals surface area contributed by atoms with Crippen LogP contribution in [-0.4, -0.2) is 55.5 Å². The first-order valence-electron chi connectivity index (χ1n) is 12.0. The largest absolute Gasteiger partial charge is 0.453 e. The van der Waals surface area contributed by atoms with Gasteiger partial charge in [0.25, 0.3) is 0 Å². The van der Waals surface area contributed by atoms with Crippen LogP contribution in [0.1, 0.15) is 42.2 Å². The molecule has 190 valence electrons. The number of rotatable bonds is 6. The van der Waals surface area contributed by atoms with E-state index in [4.69, 9.17) is 23.7 Å². The number of esters is 3. The Balaban J connectivity index is 1.14. The Morgan fingerprint density at radius 2 is 0.973 bits per heavy atom. The second-order valence-corrected chi connectivity index (χ2v) is 9.13. The summed E-state index contributed by atoms with van der Waals surface area (Å²) in [4.78, 5) is 37.5. The lowest BCUT2D eigenvalue weighted by Gasteiger charge is -2.17. The number of ether oxygens (including phenoxy) is 5. The first kappa shape index (κ1) is 24.7. The van der Waals surface area contributed by atoms with Crippen molar-refractivity contribution in [3.05, 3.63) is 101 Å². The molecule has 0 bridgehead atoms. The van der Waals surface area contributed by atoms with Crippen LogP contribution in [0.25, 0.3) is 0 Å². The molecule has 3 unspecified atom stereocenters. The molecule has 2 heterocycles. The second kappa shape index (κ2) is 10.5. The van der Waals surface area contributed by atoms with Gasteiger partial charge in [0.15, 0.2) is 12.2 Å². The predicted molar refractivity (Wildman–Crippen MR) is 132 cm³/mol. The van der Waals surface area contributed by atoms with Crippen molar-refractivity contribution in [1.82, 2.24) is 0 Å². The quantitative estimate of drug-likeness (QED) is 0.368. The summed E-state index contributed by atoms with van der Waals surface area (Å²) in [6, 6.07) is 20.3. The fourth-order valence-corrected chi connectivity index (χ4v) is 4.25. The third kappa shape index (κ3) is 5.55. The molecule has 0 radical (unpaired) electrons. The van der Waals surface area contributed by atoms with E-state index in [0.29, 0.717) is 22.4 Å². The summed E-state index contributed by atoms with van der Waals surface area (Å²) in [5.74, 6) is -1.19. The fraction of sp³-hybridized carbons (Fsp3) is 0.276. The van der Waals surface area contributed by atoms with Crippen molar-refractivity contribution in [2.45, 2.75) is 38.3 Å². The van der Waals surface area contributed by atoms with E-state index in [1.807, 2.05) is 38.1 Å². The Morgan fingerprint density at radius 3 is 1.41 bits per heavy atom. The van der Waals surface area contributed by atoms with Crippen molar-refractivity contribution >= 4 is 17.9 Å². The molecule has 2 fully saturated rings. The molecule has 0 aliphatic carbocycles. The minimum atomic E-state index is -0.639. The molecule has 8 nitrogen and oxygen atoms in total. The molecule has 0 amide bonds. The van der Waals surface area contributed by atoms with Crippen LogP contribution in [0, 0.1) is 13.8 Å². The van der Waals surface area contributed by atoms with Gasteiger partial charge >= 0.3 is 17.9 Å². The van der Waals surface area contributed by atoms with Crippen molar-refractivity contribution < 1.29 is 38.1 Å². The van der Waals surface area contributed by atoms with Crippen LogP contribution < -0.4 is 4.74 Å². The van der Waals surface area contributed by atoms with E-state index in [1.165, 1.54) is 24.3 Å². The SMILES string of the molecule is Cc1ccc(C(=O)Oc2ccc(C(=O)OC3COC4C3OC[C@@H]4OC(=O)c3ccc(C)cc3)cc2)cc1. The van der Waals surface area contributed by atoms with Gasteiger partial charge < -0.3 is 23.7 Å². The molecular formula is C29H26O8. The van der Waals surface area contributed by atoms with Crippen LogP contribution in [0.4, 0.5) is 0 Å². The maximum atomic E-state index is 12.7. The van der Waals surface area contributed by atoms with Gasteiger partial charge in [0.2, 0.25) is 0 Å². The van der Waals surface area contributed by atoms with E-state index < -0.39 is 42.3 Å². The van der Waals surface area contributed by atoms with Gasteiger partial charge in [-0.25, -0.2) is 14.4 Å². The van der Waals surface area contributed by atoms with E-state index in [2.05, 4.69) is 0 Å². The zero-order valence-corrected chi connectivity index (χ0v) is 20.4. The van der Waals surface area contributed by atoms with Gasteiger partial charge in [0.1, 0.15) is 18.0 Å². The number of benzene rings is 3. The van der Waals surface area contributed by atoms with Gasteiger partial charge in [0, 0.05) is 0 Å². The Kier molecular flexibility index (Phi) is 7.03. The van der Waals surface area contributed by atoms with Crippen LogP contribution in [-0.2, 0) is 18.9 Å². The lowest BCUT2D eigenvalue weighted by Crippen LogP contribution is -2.36. The molecule has 4 atom stereocenters. The minimum Gasteiger partial charge on any atom is -0.453 e. The highest BCUT2D eigenvalue weighted by atomic mass is 16.7. The van der Waals surface area contributed by atoms with E-state index in [-0.39, 0.29) is 13.2 Å². The van der Waals surface area contributed by atoms with Gasteiger partial charge in [-0.15, -0.1) is 0 Å². The topological polar surface area (TPSA) is 97.4 Å². The van der Waals surface area contributed by atoms with Gasteiger partial charge in [-0.3, -0.25) is 0 Å². The molecule has 5 rings (SSSR count).